The number of aromatic amines is 1. The largest absolute Gasteiger partial charge is 0.454 e. The summed E-state index contributed by atoms with van der Waals surface area (Å²) in [4.78, 5) is 21.5. The standard InChI is InChI=1S/C31H27FN8O2/c1-31(2,3)26-16-27(40(39-26)20-9-5-4-6-10-20)37-30(41)36-19-13-14-25(23(32)15-19)42-24-12-8-7-11-21(24)28-22-17-35-38-29(22)34-18-33-28/h4-18H,1-3H3,(H2,36,37,41)(H,33,34,35,38). The van der Waals surface area contributed by atoms with Gasteiger partial charge in [-0.3, -0.25) is 10.4 Å². The predicted molar refractivity (Wildman–Crippen MR) is 158 cm³/mol. The number of carbonyl (C=O) groups is 1. The number of nitrogens with zero attached hydrogens (tertiary/aromatic N) is 5. The monoisotopic (exact) mass is 562 g/mol. The lowest BCUT2D eigenvalue weighted by Gasteiger charge is -2.14. The number of anilines is 2. The zero-order valence-electron chi connectivity index (χ0n) is 23.1. The van der Waals surface area contributed by atoms with Crippen LogP contribution >= 0.6 is 0 Å². The van der Waals surface area contributed by atoms with Gasteiger partial charge in [0.25, 0.3) is 0 Å². The average molecular weight is 563 g/mol. The molecule has 0 saturated heterocycles. The van der Waals surface area contributed by atoms with Crippen LogP contribution in [0.3, 0.4) is 0 Å². The second-order valence-corrected chi connectivity index (χ2v) is 10.6. The quantitative estimate of drug-likeness (QED) is 0.199. The molecule has 0 fully saturated rings. The lowest BCUT2D eigenvalue weighted by molar-refractivity contribution is 0.262. The van der Waals surface area contributed by atoms with E-state index in [0.29, 0.717) is 33.9 Å². The van der Waals surface area contributed by atoms with Crippen LogP contribution in [-0.4, -0.2) is 36.0 Å². The molecule has 11 heteroatoms. The Morgan fingerprint density at radius 2 is 1.71 bits per heavy atom. The highest BCUT2D eigenvalue weighted by Crippen LogP contribution is 2.36. The van der Waals surface area contributed by atoms with Gasteiger partial charge in [0.1, 0.15) is 17.9 Å². The molecule has 6 rings (SSSR count). The minimum Gasteiger partial charge on any atom is -0.454 e. The molecule has 0 aliphatic rings. The second-order valence-electron chi connectivity index (χ2n) is 10.6. The zero-order chi connectivity index (χ0) is 29.3. The number of nitrogens with one attached hydrogen (secondary N) is 3. The fraction of sp³-hybridized carbons (Fsp3) is 0.129. The van der Waals surface area contributed by atoms with Crippen molar-refractivity contribution < 1.29 is 13.9 Å². The van der Waals surface area contributed by atoms with Crippen LogP contribution in [0.1, 0.15) is 26.5 Å². The number of ether oxygens (including phenoxy) is 1. The summed E-state index contributed by atoms with van der Waals surface area (Å²) in [6.45, 7) is 6.14. The normalized spacial score (nSPS) is 11.4. The summed E-state index contributed by atoms with van der Waals surface area (Å²) in [7, 11) is 0. The first-order valence-corrected chi connectivity index (χ1v) is 13.2. The molecular weight excluding hydrogens is 535 g/mol. The summed E-state index contributed by atoms with van der Waals surface area (Å²) < 4.78 is 22.9. The number of hydrogen-bond acceptors (Lipinski definition) is 6. The van der Waals surface area contributed by atoms with Gasteiger partial charge < -0.3 is 10.1 Å². The number of halogens is 1. The van der Waals surface area contributed by atoms with Crippen molar-refractivity contribution in [2.75, 3.05) is 10.6 Å². The summed E-state index contributed by atoms with van der Waals surface area (Å²) in [6.07, 6.45) is 3.06. The molecule has 3 heterocycles. The lowest BCUT2D eigenvalue weighted by atomic mass is 9.92. The molecule has 0 bridgehead atoms. The average Bonchev–Trinajstić information content (AvgIpc) is 3.63. The third-order valence-electron chi connectivity index (χ3n) is 6.52. The highest BCUT2D eigenvalue weighted by Gasteiger charge is 2.22. The Morgan fingerprint density at radius 3 is 2.50 bits per heavy atom. The molecule has 0 aliphatic carbocycles. The number of hydrogen-bond donors (Lipinski definition) is 3. The van der Waals surface area contributed by atoms with Crippen LogP contribution in [0.5, 0.6) is 11.5 Å². The predicted octanol–water partition coefficient (Wildman–Crippen LogP) is 7.08. The maximum absolute atomic E-state index is 15.2. The Hall–Kier alpha value is -5.58. The third-order valence-corrected chi connectivity index (χ3v) is 6.52. The number of carbonyl (C=O) groups excluding carboxylic acids is 1. The lowest BCUT2D eigenvalue weighted by Crippen LogP contribution is -2.21. The maximum Gasteiger partial charge on any atom is 0.324 e. The van der Waals surface area contributed by atoms with Gasteiger partial charge >= 0.3 is 6.03 Å². The Bertz CT molecular complexity index is 1890. The van der Waals surface area contributed by atoms with E-state index in [1.165, 1.54) is 18.5 Å². The number of fused-ring (bicyclic) bond motifs is 1. The van der Waals surface area contributed by atoms with E-state index in [2.05, 4.69) is 30.8 Å². The van der Waals surface area contributed by atoms with Crippen molar-refractivity contribution in [2.45, 2.75) is 26.2 Å². The summed E-state index contributed by atoms with van der Waals surface area (Å²) >= 11 is 0. The van der Waals surface area contributed by atoms with Gasteiger partial charge in [-0.2, -0.15) is 10.2 Å². The number of amides is 2. The summed E-state index contributed by atoms with van der Waals surface area (Å²) in [6, 6.07) is 22.2. The van der Waals surface area contributed by atoms with Gasteiger partial charge in [0, 0.05) is 28.8 Å². The van der Waals surface area contributed by atoms with Gasteiger partial charge in [0.2, 0.25) is 0 Å². The first kappa shape index (κ1) is 26.6. The van der Waals surface area contributed by atoms with Gasteiger partial charge in [-0.25, -0.2) is 23.8 Å². The molecule has 3 aromatic carbocycles. The number of urea groups is 1. The van der Waals surface area contributed by atoms with Crippen LogP contribution in [0.25, 0.3) is 28.0 Å². The summed E-state index contributed by atoms with van der Waals surface area (Å²) in [5.74, 6) is 0.225. The zero-order valence-corrected chi connectivity index (χ0v) is 23.1. The van der Waals surface area contributed by atoms with Gasteiger partial charge in [-0.15, -0.1) is 0 Å². The van der Waals surface area contributed by atoms with Crippen molar-refractivity contribution in [3.05, 3.63) is 103 Å². The Kier molecular flexibility index (Phi) is 6.83. The van der Waals surface area contributed by atoms with E-state index < -0.39 is 11.8 Å². The number of H-pyrrole nitrogens is 1. The van der Waals surface area contributed by atoms with Crippen LogP contribution in [0.2, 0.25) is 0 Å². The van der Waals surface area contributed by atoms with Crippen LogP contribution in [0.4, 0.5) is 20.7 Å². The molecule has 0 radical (unpaired) electrons. The highest BCUT2D eigenvalue weighted by atomic mass is 19.1. The summed E-state index contributed by atoms with van der Waals surface area (Å²) in [5.41, 5.74) is 3.46. The molecule has 0 atom stereocenters. The molecule has 0 aliphatic heterocycles. The fourth-order valence-corrected chi connectivity index (χ4v) is 4.39. The number of benzene rings is 3. The van der Waals surface area contributed by atoms with Crippen molar-refractivity contribution in [2.24, 2.45) is 0 Å². The number of para-hydroxylation sites is 2. The first-order valence-electron chi connectivity index (χ1n) is 13.2. The van der Waals surface area contributed by atoms with E-state index in [4.69, 9.17) is 9.84 Å². The molecule has 0 spiro atoms. The van der Waals surface area contributed by atoms with E-state index in [-0.39, 0.29) is 16.9 Å². The number of rotatable bonds is 6. The first-order chi connectivity index (χ1) is 20.3. The molecule has 10 nitrogen and oxygen atoms in total. The van der Waals surface area contributed by atoms with Crippen LogP contribution in [0.15, 0.2) is 91.4 Å². The molecule has 6 aromatic rings. The van der Waals surface area contributed by atoms with Crippen molar-refractivity contribution in [1.82, 2.24) is 29.9 Å². The van der Waals surface area contributed by atoms with Crippen molar-refractivity contribution in [3.8, 4) is 28.4 Å². The van der Waals surface area contributed by atoms with Gasteiger partial charge in [-0.1, -0.05) is 51.1 Å². The van der Waals surface area contributed by atoms with Crippen molar-refractivity contribution in [3.63, 3.8) is 0 Å². The SMILES string of the molecule is CC(C)(C)c1cc(NC(=O)Nc2ccc(Oc3ccccc3-c3ncnc4[nH]ncc34)c(F)c2)n(-c2ccccc2)n1. The van der Waals surface area contributed by atoms with Crippen molar-refractivity contribution >= 4 is 28.6 Å². The molecule has 42 heavy (non-hydrogen) atoms. The van der Waals surface area contributed by atoms with E-state index in [1.807, 2.05) is 69.3 Å². The van der Waals surface area contributed by atoms with Crippen LogP contribution in [-0.2, 0) is 5.41 Å². The number of aromatic nitrogens is 6. The van der Waals surface area contributed by atoms with Crippen LogP contribution < -0.4 is 15.4 Å². The molecular formula is C31H27FN8O2. The molecule has 0 saturated carbocycles. The molecule has 3 aromatic heterocycles. The minimum absolute atomic E-state index is 0.0112. The van der Waals surface area contributed by atoms with E-state index in [1.54, 1.807) is 29.1 Å². The van der Waals surface area contributed by atoms with Gasteiger partial charge in [-0.05, 0) is 36.4 Å². The minimum atomic E-state index is -0.650. The van der Waals surface area contributed by atoms with E-state index in [9.17, 15) is 4.79 Å². The van der Waals surface area contributed by atoms with Crippen molar-refractivity contribution in [1.29, 1.82) is 0 Å². The third kappa shape index (κ3) is 5.39. The second kappa shape index (κ2) is 10.8. The molecule has 2 amide bonds. The van der Waals surface area contributed by atoms with Gasteiger partial charge in [0.15, 0.2) is 17.2 Å². The molecule has 210 valence electrons. The van der Waals surface area contributed by atoms with E-state index >= 15 is 4.39 Å². The maximum atomic E-state index is 15.2. The fourth-order valence-electron chi connectivity index (χ4n) is 4.39. The molecule has 3 N–H and O–H groups in total. The van der Waals surface area contributed by atoms with Crippen LogP contribution in [0, 0.1) is 5.82 Å². The molecule has 0 unspecified atom stereocenters. The highest BCUT2D eigenvalue weighted by molar-refractivity contribution is 5.99. The summed E-state index contributed by atoms with van der Waals surface area (Å²) in [5, 5.41) is 17.8. The van der Waals surface area contributed by atoms with E-state index in [0.717, 1.165) is 11.4 Å². The Labute approximate surface area is 240 Å². The topological polar surface area (TPSA) is 123 Å². The van der Waals surface area contributed by atoms with Gasteiger partial charge in [0.05, 0.1) is 28.7 Å². The Balaban J connectivity index is 1.21. The smallest absolute Gasteiger partial charge is 0.324 e. The Morgan fingerprint density at radius 1 is 0.929 bits per heavy atom.